The van der Waals surface area contributed by atoms with Crippen molar-refractivity contribution in [3.8, 4) is 0 Å². The van der Waals surface area contributed by atoms with Crippen molar-refractivity contribution >= 4 is 28.8 Å². The number of para-hydroxylation sites is 1. The van der Waals surface area contributed by atoms with Crippen LogP contribution in [-0.4, -0.2) is 50.3 Å². The third-order valence-electron chi connectivity index (χ3n) is 5.75. The number of carbonyl (C=O) groups excluding carboxylic acids is 2. The highest BCUT2D eigenvalue weighted by Crippen LogP contribution is 2.36. The van der Waals surface area contributed by atoms with Gasteiger partial charge in [0.2, 0.25) is 5.72 Å². The summed E-state index contributed by atoms with van der Waals surface area (Å²) in [6.45, 7) is 8.03. The van der Waals surface area contributed by atoms with Gasteiger partial charge in [0.25, 0.3) is 11.8 Å². The van der Waals surface area contributed by atoms with E-state index < -0.39 is 29.1 Å². The molecule has 2 aliphatic rings. The van der Waals surface area contributed by atoms with E-state index in [-0.39, 0.29) is 18.7 Å². The number of aliphatic hydroxyl groups is 2. The Kier molecular flexibility index (Phi) is 3.99. The van der Waals surface area contributed by atoms with Crippen LogP contribution < -0.4 is 5.32 Å². The summed E-state index contributed by atoms with van der Waals surface area (Å²) in [7, 11) is 0. The van der Waals surface area contributed by atoms with Gasteiger partial charge in [-0.2, -0.15) is 0 Å². The highest BCUT2D eigenvalue weighted by Gasteiger charge is 2.58. The van der Waals surface area contributed by atoms with Crippen LogP contribution in [0.2, 0.25) is 0 Å². The number of aromatic amines is 1. The highest BCUT2D eigenvalue weighted by molar-refractivity contribution is 6.10. The van der Waals surface area contributed by atoms with Gasteiger partial charge in [0.05, 0.1) is 0 Å². The number of fused-ring (bicyclic) bond motifs is 2. The third-order valence-corrected chi connectivity index (χ3v) is 5.75. The first kappa shape index (κ1) is 18.5. The fourth-order valence-corrected chi connectivity index (χ4v) is 3.91. The Balaban J connectivity index is 1.87. The van der Waals surface area contributed by atoms with Crippen LogP contribution in [0.3, 0.4) is 0 Å². The number of aliphatic hydroxyl groups excluding tert-OH is 1. The molecule has 7 nitrogen and oxygen atoms in total. The van der Waals surface area contributed by atoms with Crippen LogP contribution in [0.15, 0.2) is 42.6 Å². The Bertz CT molecular complexity index is 1040. The van der Waals surface area contributed by atoms with Crippen LogP contribution in [0.4, 0.5) is 0 Å². The molecule has 4 N–H and O–H groups in total. The maximum atomic E-state index is 12.9. The summed E-state index contributed by atoms with van der Waals surface area (Å²) >= 11 is 0. The van der Waals surface area contributed by atoms with Gasteiger partial charge in [-0.15, -0.1) is 6.58 Å². The summed E-state index contributed by atoms with van der Waals surface area (Å²) in [6.07, 6.45) is 2.28. The number of nitrogens with one attached hydrogen (secondary N) is 2. The first-order chi connectivity index (χ1) is 13.2. The van der Waals surface area contributed by atoms with Gasteiger partial charge in [-0.25, -0.2) is 0 Å². The number of carbonyl (C=O) groups is 2. The van der Waals surface area contributed by atoms with E-state index in [1.54, 1.807) is 6.08 Å². The molecule has 0 radical (unpaired) electrons. The molecule has 2 atom stereocenters. The van der Waals surface area contributed by atoms with E-state index in [1.165, 1.54) is 0 Å². The standard InChI is InChI=1S/C21H23N3O4/c1-4-20(2,3)17-13(12-7-5-6-8-14(12)22-17)11-15-18(26)24-10-9-16(25)21(24,28)19(27)23-15/h4-8,11,16,22,25,28H,1,9-10H2,2-3H3,(H,23,27)/b15-11-/t16-,21-/m1/s1. The van der Waals surface area contributed by atoms with Crippen molar-refractivity contribution in [1.29, 1.82) is 0 Å². The molecule has 2 aliphatic heterocycles. The summed E-state index contributed by atoms with van der Waals surface area (Å²) in [4.78, 5) is 29.9. The average molecular weight is 381 g/mol. The van der Waals surface area contributed by atoms with Crippen LogP contribution in [0, 0.1) is 0 Å². The maximum Gasteiger partial charge on any atom is 0.280 e. The molecule has 2 saturated heterocycles. The quantitative estimate of drug-likeness (QED) is 0.476. The lowest BCUT2D eigenvalue weighted by atomic mass is 9.86. The lowest BCUT2D eigenvalue weighted by Gasteiger charge is -2.38. The maximum absolute atomic E-state index is 12.9. The Morgan fingerprint density at radius 3 is 2.75 bits per heavy atom. The molecule has 0 saturated carbocycles. The van der Waals surface area contributed by atoms with Gasteiger partial charge in [-0.3, -0.25) is 14.5 Å². The predicted octanol–water partition coefficient (Wildman–Crippen LogP) is 1.38. The van der Waals surface area contributed by atoms with Gasteiger partial charge in [0, 0.05) is 34.1 Å². The molecule has 2 fully saturated rings. The van der Waals surface area contributed by atoms with Crippen molar-refractivity contribution < 1.29 is 19.8 Å². The fourth-order valence-electron chi connectivity index (χ4n) is 3.91. The monoisotopic (exact) mass is 381 g/mol. The van der Waals surface area contributed by atoms with Gasteiger partial charge < -0.3 is 20.5 Å². The largest absolute Gasteiger partial charge is 0.387 e. The zero-order valence-electron chi connectivity index (χ0n) is 15.8. The summed E-state index contributed by atoms with van der Waals surface area (Å²) in [5, 5.41) is 23.9. The minimum absolute atomic E-state index is 0.0645. The lowest BCUT2D eigenvalue weighted by Crippen LogP contribution is -2.67. The molecule has 146 valence electrons. The van der Waals surface area contributed by atoms with Crippen molar-refractivity contribution in [1.82, 2.24) is 15.2 Å². The molecule has 0 bridgehead atoms. The van der Waals surface area contributed by atoms with E-state index in [2.05, 4.69) is 16.9 Å². The van der Waals surface area contributed by atoms with E-state index in [9.17, 15) is 19.8 Å². The minimum atomic E-state index is -2.21. The number of piperazine rings is 1. The van der Waals surface area contributed by atoms with Crippen molar-refractivity contribution in [3.63, 3.8) is 0 Å². The van der Waals surface area contributed by atoms with Crippen LogP contribution >= 0.6 is 0 Å². The molecule has 1 aromatic heterocycles. The molecule has 7 heteroatoms. The molecule has 28 heavy (non-hydrogen) atoms. The van der Waals surface area contributed by atoms with E-state index in [1.807, 2.05) is 44.2 Å². The first-order valence-electron chi connectivity index (χ1n) is 9.20. The van der Waals surface area contributed by atoms with E-state index in [4.69, 9.17) is 0 Å². The average Bonchev–Trinajstić information content (AvgIpc) is 3.19. The van der Waals surface area contributed by atoms with Gasteiger partial charge in [0.1, 0.15) is 11.8 Å². The second-order valence-corrected chi connectivity index (χ2v) is 7.88. The molecule has 0 aliphatic carbocycles. The molecule has 2 aromatic rings. The SMILES string of the molecule is C=CC(C)(C)c1[nH]c2ccccc2c1/C=C1\NC(=O)[C@]2(O)[C@H](O)CCN2C1=O. The zero-order chi connectivity index (χ0) is 20.3. The van der Waals surface area contributed by atoms with Gasteiger partial charge in [0.15, 0.2) is 0 Å². The van der Waals surface area contributed by atoms with Crippen LogP contribution in [0.25, 0.3) is 17.0 Å². The van der Waals surface area contributed by atoms with Gasteiger partial charge in [-0.1, -0.05) is 38.1 Å². The fraction of sp³-hybridized carbons (Fsp3) is 0.333. The lowest BCUT2D eigenvalue weighted by molar-refractivity contribution is -0.185. The van der Waals surface area contributed by atoms with Crippen LogP contribution in [-0.2, 0) is 15.0 Å². The Morgan fingerprint density at radius 2 is 2.04 bits per heavy atom. The number of amides is 2. The smallest absolute Gasteiger partial charge is 0.280 e. The molecule has 4 rings (SSSR count). The van der Waals surface area contributed by atoms with Crippen molar-refractivity contribution in [3.05, 3.63) is 53.9 Å². The molecular formula is C21H23N3O4. The zero-order valence-corrected chi connectivity index (χ0v) is 15.8. The second-order valence-electron chi connectivity index (χ2n) is 7.88. The van der Waals surface area contributed by atoms with E-state index in [0.29, 0.717) is 0 Å². The Labute approximate surface area is 162 Å². The Hall–Kier alpha value is -2.90. The summed E-state index contributed by atoms with van der Waals surface area (Å²) < 4.78 is 0. The topological polar surface area (TPSA) is 106 Å². The molecule has 1 aromatic carbocycles. The molecule has 0 unspecified atom stereocenters. The number of benzene rings is 1. The normalized spacial score (nSPS) is 26.6. The molecule has 0 spiro atoms. The van der Waals surface area contributed by atoms with Gasteiger partial charge >= 0.3 is 0 Å². The van der Waals surface area contributed by atoms with Gasteiger partial charge in [-0.05, 0) is 18.6 Å². The predicted molar refractivity (Wildman–Crippen MR) is 105 cm³/mol. The van der Waals surface area contributed by atoms with Crippen molar-refractivity contribution in [2.75, 3.05) is 6.54 Å². The Morgan fingerprint density at radius 1 is 1.32 bits per heavy atom. The number of hydrogen-bond donors (Lipinski definition) is 4. The van der Waals surface area contributed by atoms with Crippen molar-refractivity contribution in [2.45, 2.75) is 37.5 Å². The summed E-state index contributed by atoms with van der Waals surface area (Å²) in [6, 6.07) is 7.70. The van der Waals surface area contributed by atoms with Crippen LogP contribution in [0.1, 0.15) is 31.5 Å². The number of aromatic nitrogens is 1. The van der Waals surface area contributed by atoms with Crippen molar-refractivity contribution in [2.24, 2.45) is 0 Å². The number of H-pyrrole nitrogens is 1. The molecule has 3 heterocycles. The second kappa shape index (κ2) is 6.05. The first-order valence-corrected chi connectivity index (χ1v) is 9.20. The minimum Gasteiger partial charge on any atom is -0.387 e. The number of hydrogen-bond acceptors (Lipinski definition) is 4. The number of rotatable bonds is 3. The summed E-state index contributed by atoms with van der Waals surface area (Å²) in [5.41, 5.74) is -0.0123. The van der Waals surface area contributed by atoms with E-state index >= 15 is 0 Å². The van der Waals surface area contributed by atoms with Crippen LogP contribution in [0.5, 0.6) is 0 Å². The molecule has 2 amide bonds. The summed E-state index contributed by atoms with van der Waals surface area (Å²) in [5.74, 6) is -1.32. The van der Waals surface area contributed by atoms with E-state index in [0.717, 1.165) is 27.1 Å². The third kappa shape index (κ3) is 2.43. The number of nitrogens with zero attached hydrogens (tertiary/aromatic N) is 1. The highest BCUT2D eigenvalue weighted by atomic mass is 16.4. The molecular weight excluding hydrogens is 358 g/mol. The number of allylic oxidation sites excluding steroid dienone is 1.